The number of H-pyrrole nitrogens is 2. The average molecular weight is 260 g/mol. The largest absolute Gasteiger partial charge is 0.355 e. The van der Waals surface area contributed by atoms with Gasteiger partial charge in [0.25, 0.3) is 5.56 Å². The molecule has 3 rings (SSSR count). The van der Waals surface area contributed by atoms with Crippen molar-refractivity contribution in [3.63, 3.8) is 0 Å². The standard InChI is InChI=1S/C14H20N4O/c1-2-3-10-4-5-18(7-10)8-11-6-15-13-12(11)16-9-17-14(13)19/h6,9-10,15H,2-5,7-8H2,1H3,(H,16,17,19). The zero-order valence-electron chi connectivity index (χ0n) is 11.3. The number of likely N-dealkylation sites (tertiary alicyclic amines) is 1. The van der Waals surface area contributed by atoms with Gasteiger partial charge >= 0.3 is 0 Å². The van der Waals surface area contributed by atoms with Crippen molar-refractivity contribution in [1.29, 1.82) is 0 Å². The summed E-state index contributed by atoms with van der Waals surface area (Å²) in [6.45, 7) is 5.46. The van der Waals surface area contributed by atoms with Crippen LogP contribution in [0.5, 0.6) is 0 Å². The van der Waals surface area contributed by atoms with Crippen molar-refractivity contribution in [3.05, 3.63) is 28.4 Å². The Bertz CT molecular complexity index is 615. The zero-order valence-corrected chi connectivity index (χ0v) is 11.3. The van der Waals surface area contributed by atoms with Gasteiger partial charge in [-0.2, -0.15) is 0 Å². The Balaban J connectivity index is 1.76. The maximum Gasteiger partial charge on any atom is 0.275 e. The van der Waals surface area contributed by atoms with Crippen molar-refractivity contribution in [2.24, 2.45) is 5.92 Å². The molecule has 0 bridgehead atoms. The molecule has 1 atom stereocenters. The van der Waals surface area contributed by atoms with Crippen LogP contribution >= 0.6 is 0 Å². The predicted molar refractivity (Wildman–Crippen MR) is 75.0 cm³/mol. The first-order chi connectivity index (χ1) is 9.28. The highest BCUT2D eigenvalue weighted by molar-refractivity contribution is 5.77. The van der Waals surface area contributed by atoms with Crippen molar-refractivity contribution < 1.29 is 0 Å². The molecule has 0 spiro atoms. The molecule has 2 N–H and O–H groups in total. The average Bonchev–Trinajstić information content (AvgIpc) is 3.00. The van der Waals surface area contributed by atoms with Crippen molar-refractivity contribution in [2.45, 2.75) is 32.7 Å². The van der Waals surface area contributed by atoms with Crippen LogP contribution in [-0.4, -0.2) is 32.9 Å². The number of rotatable bonds is 4. The second kappa shape index (κ2) is 5.17. The Morgan fingerprint density at radius 2 is 2.37 bits per heavy atom. The molecule has 0 aliphatic carbocycles. The lowest BCUT2D eigenvalue weighted by Gasteiger charge is -2.14. The van der Waals surface area contributed by atoms with Crippen LogP contribution in [0.25, 0.3) is 11.0 Å². The second-order valence-corrected chi connectivity index (χ2v) is 5.45. The summed E-state index contributed by atoms with van der Waals surface area (Å²) in [5.41, 5.74) is 2.42. The molecule has 0 radical (unpaired) electrons. The van der Waals surface area contributed by atoms with Gasteiger partial charge in [-0.05, 0) is 25.3 Å². The van der Waals surface area contributed by atoms with Crippen molar-refractivity contribution in [2.75, 3.05) is 13.1 Å². The van der Waals surface area contributed by atoms with Gasteiger partial charge in [0.2, 0.25) is 0 Å². The minimum absolute atomic E-state index is 0.0958. The van der Waals surface area contributed by atoms with Gasteiger partial charge in [-0.3, -0.25) is 9.69 Å². The van der Waals surface area contributed by atoms with Crippen LogP contribution in [0.4, 0.5) is 0 Å². The van der Waals surface area contributed by atoms with Crippen LogP contribution in [-0.2, 0) is 6.54 Å². The van der Waals surface area contributed by atoms with E-state index in [0.717, 1.165) is 30.1 Å². The van der Waals surface area contributed by atoms with E-state index in [1.54, 1.807) is 0 Å². The monoisotopic (exact) mass is 260 g/mol. The highest BCUT2D eigenvalue weighted by Crippen LogP contribution is 2.23. The highest BCUT2D eigenvalue weighted by atomic mass is 16.1. The maximum atomic E-state index is 11.6. The number of nitrogens with one attached hydrogen (secondary N) is 2. The number of aromatic nitrogens is 3. The Labute approximate surface area is 112 Å². The Morgan fingerprint density at radius 1 is 1.47 bits per heavy atom. The third-order valence-electron chi connectivity index (χ3n) is 4.01. The molecular weight excluding hydrogens is 240 g/mol. The van der Waals surface area contributed by atoms with Gasteiger partial charge in [0.05, 0.1) is 11.8 Å². The highest BCUT2D eigenvalue weighted by Gasteiger charge is 2.22. The zero-order chi connectivity index (χ0) is 13.2. The minimum atomic E-state index is -0.0958. The van der Waals surface area contributed by atoms with Gasteiger partial charge in [-0.15, -0.1) is 0 Å². The number of fused-ring (bicyclic) bond motifs is 1. The Morgan fingerprint density at radius 3 is 3.21 bits per heavy atom. The summed E-state index contributed by atoms with van der Waals surface area (Å²) in [5.74, 6) is 0.839. The van der Waals surface area contributed by atoms with Crippen LogP contribution in [0.1, 0.15) is 31.7 Å². The SMILES string of the molecule is CCCC1CCN(Cc2c[nH]c3c(=O)[nH]cnc23)C1. The fourth-order valence-electron chi connectivity index (χ4n) is 3.07. The number of hydrogen-bond donors (Lipinski definition) is 2. The molecule has 2 aromatic rings. The van der Waals surface area contributed by atoms with E-state index in [4.69, 9.17) is 0 Å². The molecule has 1 fully saturated rings. The summed E-state index contributed by atoms with van der Waals surface area (Å²) in [6.07, 6.45) is 7.28. The van der Waals surface area contributed by atoms with E-state index in [0.29, 0.717) is 5.52 Å². The molecular formula is C14H20N4O. The van der Waals surface area contributed by atoms with Crippen LogP contribution in [0, 0.1) is 5.92 Å². The third kappa shape index (κ3) is 2.42. The fourth-order valence-corrected chi connectivity index (χ4v) is 3.07. The molecule has 0 amide bonds. The van der Waals surface area contributed by atoms with Crippen molar-refractivity contribution in [3.8, 4) is 0 Å². The molecule has 3 heterocycles. The van der Waals surface area contributed by atoms with E-state index >= 15 is 0 Å². The molecule has 0 saturated carbocycles. The normalized spacial score (nSPS) is 20.4. The summed E-state index contributed by atoms with van der Waals surface area (Å²) in [4.78, 5) is 24.0. The quantitative estimate of drug-likeness (QED) is 0.882. The summed E-state index contributed by atoms with van der Waals surface area (Å²) >= 11 is 0. The first kappa shape index (κ1) is 12.4. The summed E-state index contributed by atoms with van der Waals surface area (Å²) in [5, 5.41) is 0. The topological polar surface area (TPSA) is 64.8 Å². The summed E-state index contributed by atoms with van der Waals surface area (Å²) in [7, 11) is 0. The lowest BCUT2D eigenvalue weighted by molar-refractivity contribution is 0.314. The minimum Gasteiger partial charge on any atom is -0.355 e. The molecule has 19 heavy (non-hydrogen) atoms. The van der Waals surface area contributed by atoms with E-state index in [1.807, 2.05) is 6.20 Å². The third-order valence-corrected chi connectivity index (χ3v) is 4.01. The van der Waals surface area contributed by atoms with Gasteiger partial charge in [-0.1, -0.05) is 13.3 Å². The summed E-state index contributed by atoms with van der Waals surface area (Å²) < 4.78 is 0. The van der Waals surface area contributed by atoms with E-state index in [9.17, 15) is 4.79 Å². The Hall–Kier alpha value is -1.62. The van der Waals surface area contributed by atoms with Crippen molar-refractivity contribution in [1.82, 2.24) is 19.9 Å². The van der Waals surface area contributed by atoms with Crippen LogP contribution < -0.4 is 5.56 Å². The van der Waals surface area contributed by atoms with E-state index < -0.39 is 0 Å². The number of nitrogens with zero attached hydrogens (tertiary/aromatic N) is 2. The smallest absolute Gasteiger partial charge is 0.275 e. The first-order valence-corrected chi connectivity index (χ1v) is 7.04. The molecule has 2 aromatic heterocycles. The first-order valence-electron chi connectivity index (χ1n) is 7.04. The van der Waals surface area contributed by atoms with Gasteiger partial charge in [0, 0.05) is 24.8 Å². The van der Waals surface area contributed by atoms with Gasteiger partial charge in [0.1, 0.15) is 5.52 Å². The summed E-state index contributed by atoms with van der Waals surface area (Å²) in [6, 6.07) is 0. The molecule has 1 aliphatic rings. The van der Waals surface area contributed by atoms with Gasteiger partial charge in [-0.25, -0.2) is 4.98 Å². The van der Waals surface area contributed by atoms with Gasteiger partial charge < -0.3 is 9.97 Å². The molecule has 1 aliphatic heterocycles. The lowest BCUT2D eigenvalue weighted by Crippen LogP contribution is -2.20. The van der Waals surface area contributed by atoms with E-state index in [1.165, 1.54) is 32.1 Å². The molecule has 5 heteroatoms. The molecule has 102 valence electrons. The lowest BCUT2D eigenvalue weighted by atomic mass is 10.0. The number of aromatic amines is 2. The van der Waals surface area contributed by atoms with E-state index in [2.05, 4.69) is 26.8 Å². The predicted octanol–water partition coefficient (Wildman–Crippen LogP) is 1.87. The van der Waals surface area contributed by atoms with E-state index in [-0.39, 0.29) is 5.56 Å². The van der Waals surface area contributed by atoms with Crippen LogP contribution in [0.3, 0.4) is 0 Å². The second-order valence-electron chi connectivity index (χ2n) is 5.45. The van der Waals surface area contributed by atoms with Crippen LogP contribution in [0.2, 0.25) is 0 Å². The van der Waals surface area contributed by atoms with Crippen molar-refractivity contribution >= 4 is 11.0 Å². The van der Waals surface area contributed by atoms with Crippen LogP contribution in [0.15, 0.2) is 17.3 Å². The fraction of sp³-hybridized carbons (Fsp3) is 0.571. The molecule has 1 unspecified atom stereocenters. The maximum absolute atomic E-state index is 11.6. The number of hydrogen-bond acceptors (Lipinski definition) is 3. The Kier molecular flexibility index (Phi) is 3.38. The molecule has 0 aromatic carbocycles. The van der Waals surface area contributed by atoms with Gasteiger partial charge in [0.15, 0.2) is 0 Å². The molecule has 1 saturated heterocycles. The molecule has 5 nitrogen and oxygen atoms in total.